The number of rotatable bonds is 5. The fraction of sp³-hybridized carbons (Fsp3) is 0.444. The minimum absolute atomic E-state index is 0.0369. The number of hydrogen-bond acceptors (Lipinski definition) is 4. The first-order chi connectivity index (χ1) is 11.6. The number of aryl methyl sites for hydroxylation is 3. The van der Waals surface area contributed by atoms with E-state index in [2.05, 4.69) is 22.4 Å². The third-order valence-corrected chi connectivity index (χ3v) is 5.55. The average Bonchev–Trinajstić information content (AvgIpc) is 3.13. The Bertz CT molecular complexity index is 729. The molecule has 0 bridgehead atoms. The molecule has 0 fully saturated rings. The Hall–Kier alpha value is -1.92. The highest BCUT2D eigenvalue weighted by Gasteiger charge is 2.30. The van der Waals surface area contributed by atoms with Gasteiger partial charge in [-0.1, -0.05) is 24.3 Å². The molecule has 5 nitrogen and oxygen atoms in total. The molecular weight excluding hydrogens is 322 g/mol. The van der Waals surface area contributed by atoms with Gasteiger partial charge in [0.15, 0.2) is 0 Å². The summed E-state index contributed by atoms with van der Waals surface area (Å²) >= 11 is 1.61. The molecule has 0 spiro atoms. The largest absolute Gasteiger partial charge is 0.395 e. The van der Waals surface area contributed by atoms with Gasteiger partial charge in [0.05, 0.1) is 29.9 Å². The number of aromatic nitrogens is 1. The minimum Gasteiger partial charge on any atom is -0.395 e. The molecule has 1 atom stereocenters. The molecule has 2 aromatic rings. The number of urea groups is 1. The molecule has 6 heteroatoms. The van der Waals surface area contributed by atoms with Crippen LogP contribution in [0, 0.1) is 13.8 Å². The summed E-state index contributed by atoms with van der Waals surface area (Å²) in [6.07, 6.45) is 1.88. The summed E-state index contributed by atoms with van der Waals surface area (Å²) < 4.78 is 0. The predicted octanol–water partition coefficient (Wildman–Crippen LogP) is 2.95. The highest BCUT2D eigenvalue weighted by atomic mass is 32.1. The molecule has 2 N–H and O–H groups in total. The molecule has 0 saturated heterocycles. The smallest absolute Gasteiger partial charge is 0.318 e. The highest BCUT2D eigenvalue weighted by molar-refractivity contribution is 7.11. The Balaban J connectivity index is 1.71. The normalized spacial score (nSPS) is 16.0. The van der Waals surface area contributed by atoms with Crippen molar-refractivity contribution >= 4 is 17.4 Å². The first-order valence-corrected chi connectivity index (χ1v) is 9.08. The van der Waals surface area contributed by atoms with Crippen molar-refractivity contribution in [2.45, 2.75) is 39.3 Å². The van der Waals surface area contributed by atoms with Crippen LogP contribution in [0.5, 0.6) is 0 Å². The topological polar surface area (TPSA) is 65.5 Å². The van der Waals surface area contributed by atoms with E-state index >= 15 is 0 Å². The van der Waals surface area contributed by atoms with Crippen LogP contribution in [0.4, 0.5) is 4.79 Å². The summed E-state index contributed by atoms with van der Waals surface area (Å²) in [5.74, 6) is 0. The van der Waals surface area contributed by atoms with Gasteiger partial charge in [0.1, 0.15) is 0 Å². The van der Waals surface area contributed by atoms with Gasteiger partial charge in [-0.25, -0.2) is 9.78 Å². The quantitative estimate of drug-likeness (QED) is 0.876. The molecule has 1 heterocycles. The minimum atomic E-state index is -0.129. The molecule has 1 aliphatic rings. The second kappa shape index (κ2) is 7.32. The molecular formula is C18H23N3O2S. The van der Waals surface area contributed by atoms with Gasteiger partial charge in [-0.2, -0.15) is 0 Å². The molecule has 1 aromatic heterocycles. The SMILES string of the molecule is Cc1nc(C)c(CNC(=O)N(CCO)C2CCc3ccccc32)s1. The third-order valence-electron chi connectivity index (χ3n) is 4.48. The maximum atomic E-state index is 12.7. The number of aliphatic hydroxyl groups excluding tert-OH is 1. The van der Waals surface area contributed by atoms with Crippen molar-refractivity contribution in [2.24, 2.45) is 0 Å². The molecule has 3 rings (SSSR count). The lowest BCUT2D eigenvalue weighted by Gasteiger charge is -2.29. The van der Waals surface area contributed by atoms with E-state index in [4.69, 9.17) is 0 Å². The first-order valence-electron chi connectivity index (χ1n) is 8.26. The average molecular weight is 345 g/mol. The maximum absolute atomic E-state index is 12.7. The number of carbonyl (C=O) groups excluding carboxylic acids is 1. The second-order valence-corrected chi connectivity index (χ2v) is 7.36. The number of nitrogens with zero attached hydrogens (tertiary/aromatic N) is 2. The number of amides is 2. The number of nitrogens with one attached hydrogen (secondary N) is 1. The van der Waals surface area contributed by atoms with Crippen molar-refractivity contribution in [1.82, 2.24) is 15.2 Å². The number of carbonyl (C=O) groups is 1. The first kappa shape index (κ1) is 16.9. The van der Waals surface area contributed by atoms with Gasteiger partial charge >= 0.3 is 6.03 Å². The molecule has 128 valence electrons. The number of benzene rings is 1. The van der Waals surface area contributed by atoms with Crippen LogP contribution >= 0.6 is 11.3 Å². The third kappa shape index (κ3) is 3.44. The van der Waals surface area contributed by atoms with E-state index in [-0.39, 0.29) is 18.7 Å². The summed E-state index contributed by atoms with van der Waals surface area (Å²) in [6, 6.07) is 8.16. The molecule has 1 aromatic carbocycles. The van der Waals surface area contributed by atoms with E-state index < -0.39 is 0 Å². The van der Waals surface area contributed by atoms with Crippen LogP contribution in [-0.2, 0) is 13.0 Å². The Kier molecular flexibility index (Phi) is 5.16. The van der Waals surface area contributed by atoms with Gasteiger partial charge in [-0.05, 0) is 37.8 Å². The molecule has 0 saturated carbocycles. The van der Waals surface area contributed by atoms with E-state index in [9.17, 15) is 9.90 Å². The van der Waals surface area contributed by atoms with Crippen molar-refractivity contribution in [3.63, 3.8) is 0 Å². The van der Waals surface area contributed by atoms with Crippen molar-refractivity contribution in [2.75, 3.05) is 13.2 Å². The van der Waals surface area contributed by atoms with Crippen LogP contribution < -0.4 is 5.32 Å². The molecule has 2 amide bonds. The summed E-state index contributed by atoms with van der Waals surface area (Å²) in [5, 5.41) is 13.4. The molecule has 1 unspecified atom stereocenters. The Labute approximate surface area is 146 Å². The summed E-state index contributed by atoms with van der Waals surface area (Å²) in [5.41, 5.74) is 3.47. The van der Waals surface area contributed by atoms with E-state index in [0.717, 1.165) is 28.4 Å². The molecule has 1 aliphatic carbocycles. The van der Waals surface area contributed by atoms with E-state index in [1.54, 1.807) is 16.2 Å². The number of aliphatic hydroxyl groups is 1. The predicted molar refractivity (Wildman–Crippen MR) is 95.1 cm³/mol. The van der Waals surface area contributed by atoms with Gasteiger partial charge in [0.2, 0.25) is 0 Å². The standard InChI is InChI=1S/C18H23N3O2S/c1-12-17(24-13(2)20-12)11-19-18(23)21(9-10-22)16-8-7-14-5-3-4-6-15(14)16/h3-6,16,22H,7-11H2,1-2H3,(H,19,23). The van der Waals surface area contributed by atoms with E-state index in [1.165, 1.54) is 11.1 Å². The fourth-order valence-electron chi connectivity index (χ4n) is 3.36. The lowest BCUT2D eigenvalue weighted by molar-refractivity contribution is 0.151. The van der Waals surface area contributed by atoms with Gasteiger partial charge in [0.25, 0.3) is 0 Å². The van der Waals surface area contributed by atoms with E-state index in [1.807, 2.05) is 26.0 Å². The fourth-order valence-corrected chi connectivity index (χ4v) is 4.24. The lowest BCUT2D eigenvalue weighted by Crippen LogP contribution is -2.42. The second-order valence-electron chi connectivity index (χ2n) is 6.07. The van der Waals surface area contributed by atoms with Crippen LogP contribution in [0.1, 0.15) is 39.2 Å². The maximum Gasteiger partial charge on any atom is 0.318 e. The molecule has 0 radical (unpaired) electrons. The van der Waals surface area contributed by atoms with Gasteiger partial charge < -0.3 is 15.3 Å². The van der Waals surface area contributed by atoms with Crippen molar-refractivity contribution < 1.29 is 9.90 Å². The van der Waals surface area contributed by atoms with Gasteiger partial charge in [0, 0.05) is 11.4 Å². The van der Waals surface area contributed by atoms with Gasteiger partial charge in [-0.15, -0.1) is 11.3 Å². The Morgan fingerprint density at radius 1 is 1.42 bits per heavy atom. The summed E-state index contributed by atoms with van der Waals surface area (Å²) in [6.45, 7) is 4.71. The summed E-state index contributed by atoms with van der Waals surface area (Å²) in [7, 11) is 0. The molecule has 0 aliphatic heterocycles. The van der Waals surface area contributed by atoms with Crippen LogP contribution in [-0.4, -0.2) is 34.2 Å². The zero-order valence-corrected chi connectivity index (χ0v) is 14.9. The lowest BCUT2D eigenvalue weighted by atomic mass is 10.1. The van der Waals surface area contributed by atoms with Gasteiger partial charge in [-0.3, -0.25) is 0 Å². The van der Waals surface area contributed by atoms with Crippen LogP contribution in [0.25, 0.3) is 0 Å². The van der Waals surface area contributed by atoms with Crippen molar-refractivity contribution in [3.05, 3.63) is 51.0 Å². The molecule has 24 heavy (non-hydrogen) atoms. The van der Waals surface area contributed by atoms with Crippen molar-refractivity contribution in [1.29, 1.82) is 0 Å². The zero-order valence-electron chi connectivity index (χ0n) is 14.1. The van der Waals surface area contributed by atoms with Crippen LogP contribution in [0.3, 0.4) is 0 Å². The van der Waals surface area contributed by atoms with Crippen molar-refractivity contribution in [3.8, 4) is 0 Å². The monoisotopic (exact) mass is 345 g/mol. The number of fused-ring (bicyclic) bond motifs is 1. The van der Waals surface area contributed by atoms with E-state index in [0.29, 0.717) is 13.1 Å². The van der Waals surface area contributed by atoms with Crippen LogP contribution in [0.15, 0.2) is 24.3 Å². The Morgan fingerprint density at radius 2 is 2.21 bits per heavy atom. The number of thiazole rings is 1. The highest BCUT2D eigenvalue weighted by Crippen LogP contribution is 2.35. The zero-order chi connectivity index (χ0) is 17.1. The number of hydrogen-bond donors (Lipinski definition) is 2. The summed E-state index contributed by atoms with van der Waals surface area (Å²) in [4.78, 5) is 19.9. The Morgan fingerprint density at radius 3 is 2.92 bits per heavy atom. The van der Waals surface area contributed by atoms with Crippen LogP contribution in [0.2, 0.25) is 0 Å².